The van der Waals surface area contributed by atoms with Gasteiger partial charge in [0.15, 0.2) is 0 Å². The second-order valence-corrected chi connectivity index (χ2v) is 4.76. The molecule has 0 bridgehead atoms. The Morgan fingerprint density at radius 3 is 2.43 bits per heavy atom. The molecule has 106 valence electrons. The Morgan fingerprint density at radius 2 is 1.76 bits per heavy atom. The summed E-state index contributed by atoms with van der Waals surface area (Å²) in [4.78, 5) is 0. The van der Waals surface area contributed by atoms with Gasteiger partial charge in [0.05, 0.1) is 5.56 Å². The first-order chi connectivity index (χ1) is 10.1. The molecule has 3 nitrogen and oxygen atoms in total. The van der Waals surface area contributed by atoms with Gasteiger partial charge < -0.3 is 10.3 Å². The van der Waals surface area contributed by atoms with Crippen molar-refractivity contribution in [2.75, 3.05) is 5.73 Å². The zero-order chi connectivity index (χ0) is 15.0. The van der Waals surface area contributed by atoms with Crippen LogP contribution in [-0.2, 0) is 0 Å². The van der Waals surface area contributed by atoms with E-state index in [1.807, 2.05) is 31.2 Å². The molecule has 5 heteroatoms. The number of hydrogen-bond donors (Lipinski definition) is 1. The standard InChI is InChI=1S/C16H12F2N2O/c1-9-2-4-10(5-3-9)14-15(20-21-16(14)19)12-7-6-11(17)8-13(12)18/h2-8H,19H2,1H3. The molecule has 1 aromatic heterocycles. The van der Waals surface area contributed by atoms with Crippen LogP contribution in [0.1, 0.15) is 5.56 Å². The van der Waals surface area contributed by atoms with Crippen molar-refractivity contribution in [1.29, 1.82) is 0 Å². The largest absolute Gasteiger partial charge is 0.367 e. The molecule has 0 aliphatic carbocycles. The number of aromatic nitrogens is 1. The van der Waals surface area contributed by atoms with Gasteiger partial charge in [-0.15, -0.1) is 0 Å². The number of nitrogens with two attached hydrogens (primary N) is 1. The van der Waals surface area contributed by atoms with Crippen LogP contribution < -0.4 is 5.73 Å². The van der Waals surface area contributed by atoms with Crippen LogP contribution in [0.2, 0.25) is 0 Å². The average Bonchev–Trinajstić information content (AvgIpc) is 2.82. The zero-order valence-corrected chi connectivity index (χ0v) is 11.2. The van der Waals surface area contributed by atoms with Crippen LogP contribution in [0.3, 0.4) is 0 Å². The lowest BCUT2D eigenvalue weighted by Crippen LogP contribution is -1.91. The number of rotatable bonds is 2. The van der Waals surface area contributed by atoms with Crippen molar-refractivity contribution in [2.24, 2.45) is 0 Å². The van der Waals surface area contributed by atoms with Crippen LogP contribution in [0, 0.1) is 18.6 Å². The summed E-state index contributed by atoms with van der Waals surface area (Å²) in [5.41, 5.74) is 8.56. The maximum absolute atomic E-state index is 13.9. The summed E-state index contributed by atoms with van der Waals surface area (Å²) in [7, 11) is 0. The number of halogens is 2. The van der Waals surface area contributed by atoms with Gasteiger partial charge in [-0.2, -0.15) is 0 Å². The van der Waals surface area contributed by atoms with Crippen LogP contribution in [-0.4, -0.2) is 5.16 Å². The van der Waals surface area contributed by atoms with E-state index in [0.29, 0.717) is 5.56 Å². The highest BCUT2D eigenvalue weighted by Gasteiger charge is 2.20. The lowest BCUT2D eigenvalue weighted by Gasteiger charge is -2.04. The Morgan fingerprint density at radius 1 is 1.05 bits per heavy atom. The quantitative estimate of drug-likeness (QED) is 0.769. The van der Waals surface area contributed by atoms with Crippen molar-refractivity contribution in [3.8, 4) is 22.4 Å². The van der Waals surface area contributed by atoms with E-state index in [0.717, 1.165) is 17.2 Å². The molecule has 0 fully saturated rings. The van der Waals surface area contributed by atoms with Crippen molar-refractivity contribution in [2.45, 2.75) is 6.92 Å². The normalized spacial score (nSPS) is 10.8. The summed E-state index contributed by atoms with van der Waals surface area (Å²) >= 11 is 0. The van der Waals surface area contributed by atoms with Crippen molar-refractivity contribution in [3.63, 3.8) is 0 Å². The van der Waals surface area contributed by atoms with Crippen LogP contribution in [0.15, 0.2) is 47.0 Å². The molecule has 1 heterocycles. The van der Waals surface area contributed by atoms with Gasteiger partial charge in [-0.1, -0.05) is 35.0 Å². The maximum Gasteiger partial charge on any atom is 0.230 e. The second kappa shape index (κ2) is 5.01. The first-order valence-electron chi connectivity index (χ1n) is 6.34. The second-order valence-electron chi connectivity index (χ2n) is 4.76. The van der Waals surface area contributed by atoms with Crippen molar-refractivity contribution in [3.05, 3.63) is 59.7 Å². The minimum atomic E-state index is -0.711. The summed E-state index contributed by atoms with van der Waals surface area (Å²) in [6.45, 7) is 1.96. The lowest BCUT2D eigenvalue weighted by atomic mass is 10.00. The van der Waals surface area contributed by atoms with E-state index in [9.17, 15) is 8.78 Å². The summed E-state index contributed by atoms with van der Waals surface area (Å²) < 4.78 is 32.0. The van der Waals surface area contributed by atoms with E-state index in [1.54, 1.807) is 0 Å². The SMILES string of the molecule is Cc1ccc(-c2c(-c3ccc(F)cc3F)noc2N)cc1. The molecule has 3 aromatic rings. The maximum atomic E-state index is 13.9. The van der Waals surface area contributed by atoms with Crippen molar-refractivity contribution >= 4 is 5.88 Å². The lowest BCUT2D eigenvalue weighted by molar-refractivity contribution is 0.439. The monoisotopic (exact) mass is 286 g/mol. The first-order valence-corrected chi connectivity index (χ1v) is 6.34. The predicted molar refractivity (Wildman–Crippen MR) is 76.4 cm³/mol. The van der Waals surface area contributed by atoms with Gasteiger partial charge >= 0.3 is 0 Å². The van der Waals surface area contributed by atoms with Gasteiger partial charge in [0.2, 0.25) is 5.88 Å². The van der Waals surface area contributed by atoms with E-state index in [1.165, 1.54) is 12.1 Å². The van der Waals surface area contributed by atoms with Gasteiger partial charge in [-0.3, -0.25) is 0 Å². The van der Waals surface area contributed by atoms with Crippen LogP contribution in [0.25, 0.3) is 22.4 Å². The van der Waals surface area contributed by atoms with Crippen molar-refractivity contribution in [1.82, 2.24) is 5.16 Å². The van der Waals surface area contributed by atoms with Crippen LogP contribution >= 0.6 is 0 Å². The highest BCUT2D eigenvalue weighted by atomic mass is 19.1. The Bertz CT molecular complexity index is 795. The molecule has 0 atom stereocenters. The third kappa shape index (κ3) is 2.38. The number of nitrogens with zero attached hydrogens (tertiary/aromatic N) is 1. The minimum absolute atomic E-state index is 0.0950. The third-order valence-corrected chi connectivity index (χ3v) is 3.24. The summed E-state index contributed by atoms with van der Waals surface area (Å²) in [5.74, 6) is -1.26. The fourth-order valence-corrected chi connectivity index (χ4v) is 2.17. The van der Waals surface area contributed by atoms with Gasteiger partial charge in [0.1, 0.15) is 17.3 Å². The van der Waals surface area contributed by atoms with Crippen LogP contribution in [0.4, 0.5) is 14.7 Å². The van der Waals surface area contributed by atoms with E-state index >= 15 is 0 Å². The molecule has 21 heavy (non-hydrogen) atoms. The summed E-state index contributed by atoms with van der Waals surface area (Å²) in [6.07, 6.45) is 0. The number of benzene rings is 2. The molecular weight excluding hydrogens is 274 g/mol. The Labute approximate surface area is 120 Å². The fraction of sp³-hybridized carbons (Fsp3) is 0.0625. The number of hydrogen-bond acceptors (Lipinski definition) is 3. The molecule has 0 saturated heterocycles. The van der Waals surface area contributed by atoms with Crippen molar-refractivity contribution < 1.29 is 13.3 Å². The highest BCUT2D eigenvalue weighted by Crippen LogP contribution is 2.37. The van der Waals surface area contributed by atoms with E-state index < -0.39 is 11.6 Å². The molecule has 0 spiro atoms. The number of aryl methyl sites for hydroxylation is 1. The highest BCUT2D eigenvalue weighted by molar-refractivity contribution is 5.87. The predicted octanol–water partition coefficient (Wildman–Crippen LogP) is 4.18. The molecule has 0 aliphatic rings. The molecule has 0 amide bonds. The Balaban J connectivity index is 2.19. The molecule has 0 radical (unpaired) electrons. The Hall–Kier alpha value is -2.69. The third-order valence-electron chi connectivity index (χ3n) is 3.24. The molecule has 2 N–H and O–H groups in total. The topological polar surface area (TPSA) is 52.0 Å². The smallest absolute Gasteiger partial charge is 0.230 e. The molecule has 0 unspecified atom stereocenters. The summed E-state index contributed by atoms with van der Waals surface area (Å²) in [6, 6.07) is 10.8. The van der Waals surface area contributed by atoms with E-state index in [4.69, 9.17) is 10.3 Å². The molecule has 0 aliphatic heterocycles. The van der Waals surface area contributed by atoms with Gasteiger partial charge in [0.25, 0.3) is 0 Å². The number of nitrogen functional groups attached to an aromatic ring is 1. The van der Waals surface area contributed by atoms with Gasteiger partial charge in [-0.05, 0) is 24.6 Å². The first kappa shape index (κ1) is 13.3. The molecule has 2 aromatic carbocycles. The Kier molecular flexibility index (Phi) is 3.17. The molecule has 0 saturated carbocycles. The summed E-state index contributed by atoms with van der Waals surface area (Å²) in [5, 5.41) is 3.81. The average molecular weight is 286 g/mol. The molecular formula is C16H12F2N2O. The van der Waals surface area contributed by atoms with E-state index in [-0.39, 0.29) is 17.1 Å². The zero-order valence-electron chi connectivity index (χ0n) is 11.2. The number of anilines is 1. The van der Waals surface area contributed by atoms with Gasteiger partial charge in [0, 0.05) is 11.6 Å². The van der Waals surface area contributed by atoms with Gasteiger partial charge in [-0.25, -0.2) is 8.78 Å². The minimum Gasteiger partial charge on any atom is -0.367 e. The fourth-order valence-electron chi connectivity index (χ4n) is 2.17. The van der Waals surface area contributed by atoms with Crippen LogP contribution in [0.5, 0.6) is 0 Å². The van der Waals surface area contributed by atoms with E-state index in [2.05, 4.69) is 5.16 Å². The molecule has 3 rings (SSSR count).